The molecule has 0 radical (unpaired) electrons. The van der Waals surface area contributed by atoms with Crippen LogP contribution in [0, 0.1) is 0 Å². The molecule has 0 atom stereocenters. The monoisotopic (exact) mass is 543 g/mol. The van der Waals surface area contributed by atoms with Crippen LogP contribution in [0.3, 0.4) is 0 Å². The molecule has 1 heterocycles. The van der Waals surface area contributed by atoms with Crippen LogP contribution in [0.4, 0.5) is 0 Å². The highest BCUT2D eigenvalue weighted by Gasteiger charge is 2.18. The van der Waals surface area contributed by atoms with Crippen LogP contribution in [-0.2, 0) is 17.9 Å². The fourth-order valence-corrected chi connectivity index (χ4v) is 3.46. The molecule has 7 nitrogen and oxygen atoms in total. The van der Waals surface area contributed by atoms with Crippen molar-refractivity contribution in [2.24, 2.45) is 4.99 Å². The quantitative estimate of drug-likeness (QED) is 0.188. The fourth-order valence-electron chi connectivity index (χ4n) is 3.46. The highest BCUT2D eigenvalue weighted by molar-refractivity contribution is 14.0. The lowest BCUT2D eigenvalue weighted by Gasteiger charge is -2.17. The number of halogens is 1. The number of rotatable bonds is 11. The molecule has 172 valence electrons. The number of aliphatic imine (C=N–C) groups is 1. The van der Waals surface area contributed by atoms with Crippen molar-refractivity contribution in [2.45, 2.75) is 51.4 Å². The SMILES string of the molecule is CN=C(NCCCOCc1ccco1)NCc1ccc(OC2CCCC2)c(OC)c1.I. The van der Waals surface area contributed by atoms with Gasteiger partial charge in [-0.15, -0.1) is 24.0 Å². The second-order valence-electron chi connectivity index (χ2n) is 7.35. The summed E-state index contributed by atoms with van der Waals surface area (Å²) in [6.07, 6.45) is 7.59. The number of ether oxygens (including phenoxy) is 3. The Labute approximate surface area is 202 Å². The van der Waals surface area contributed by atoms with Crippen molar-refractivity contribution in [1.82, 2.24) is 10.6 Å². The summed E-state index contributed by atoms with van der Waals surface area (Å²) < 4.78 is 22.5. The Morgan fingerprint density at radius 3 is 2.71 bits per heavy atom. The summed E-state index contributed by atoms with van der Waals surface area (Å²) in [5.74, 6) is 3.20. The van der Waals surface area contributed by atoms with E-state index in [9.17, 15) is 0 Å². The Bertz CT molecular complexity index is 777. The molecular weight excluding hydrogens is 509 g/mol. The van der Waals surface area contributed by atoms with E-state index in [-0.39, 0.29) is 24.0 Å². The second kappa shape index (κ2) is 14.2. The first-order chi connectivity index (χ1) is 14.8. The van der Waals surface area contributed by atoms with E-state index in [0.717, 1.165) is 54.6 Å². The van der Waals surface area contributed by atoms with E-state index in [2.05, 4.69) is 21.7 Å². The summed E-state index contributed by atoms with van der Waals surface area (Å²) in [4.78, 5) is 4.27. The Balaban J connectivity index is 0.00000341. The van der Waals surface area contributed by atoms with Gasteiger partial charge in [-0.05, 0) is 61.9 Å². The first-order valence-electron chi connectivity index (χ1n) is 10.7. The van der Waals surface area contributed by atoms with Gasteiger partial charge in [0.1, 0.15) is 12.4 Å². The number of furan rings is 1. The molecule has 0 unspecified atom stereocenters. The van der Waals surface area contributed by atoms with Gasteiger partial charge >= 0.3 is 0 Å². The highest BCUT2D eigenvalue weighted by Crippen LogP contribution is 2.32. The van der Waals surface area contributed by atoms with E-state index in [1.54, 1.807) is 20.4 Å². The van der Waals surface area contributed by atoms with E-state index >= 15 is 0 Å². The number of benzene rings is 1. The minimum Gasteiger partial charge on any atom is -0.493 e. The van der Waals surface area contributed by atoms with Gasteiger partial charge in [-0.2, -0.15) is 0 Å². The maximum absolute atomic E-state index is 6.11. The number of guanidine groups is 1. The third-order valence-corrected chi connectivity index (χ3v) is 5.09. The maximum Gasteiger partial charge on any atom is 0.191 e. The van der Waals surface area contributed by atoms with Gasteiger partial charge in [0.2, 0.25) is 0 Å². The molecule has 1 fully saturated rings. The lowest BCUT2D eigenvalue weighted by molar-refractivity contribution is 0.105. The van der Waals surface area contributed by atoms with Crippen LogP contribution >= 0.6 is 24.0 Å². The van der Waals surface area contributed by atoms with Crippen molar-refractivity contribution in [3.8, 4) is 11.5 Å². The van der Waals surface area contributed by atoms with Crippen molar-refractivity contribution in [3.05, 3.63) is 47.9 Å². The first-order valence-corrected chi connectivity index (χ1v) is 10.7. The van der Waals surface area contributed by atoms with Crippen LogP contribution < -0.4 is 20.1 Å². The lowest BCUT2D eigenvalue weighted by Crippen LogP contribution is -2.37. The van der Waals surface area contributed by atoms with Crippen LogP contribution in [0.2, 0.25) is 0 Å². The molecule has 0 amide bonds. The molecule has 1 aromatic heterocycles. The molecule has 1 aromatic carbocycles. The van der Waals surface area contributed by atoms with Gasteiger partial charge in [0.25, 0.3) is 0 Å². The summed E-state index contributed by atoms with van der Waals surface area (Å²) in [5.41, 5.74) is 1.11. The van der Waals surface area contributed by atoms with E-state index in [4.69, 9.17) is 18.6 Å². The van der Waals surface area contributed by atoms with Crippen LogP contribution in [-0.4, -0.2) is 39.4 Å². The first kappa shape index (κ1) is 25.3. The van der Waals surface area contributed by atoms with Gasteiger partial charge < -0.3 is 29.3 Å². The molecule has 1 aliphatic carbocycles. The fraction of sp³-hybridized carbons (Fsp3) is 0.522. The molecule has 0 bridgehead atoms. The highest BCUT2D eigenvalue weighted by atomic mass is 127. The molecule has 1 aliphatic rings. The Morgan fingerprint density at radius 1 is 1.16 bits per heavy atom. The Kier molecular flexibility index (Phi) is 11.6. The van der Waals surface area contributed by atoms with Crippen molar-refractivity contribution >= 4 is 29.9 Å². The zero-order chi connectivity index (χ0) is 21.0. The average Bonchev–Trinajstić information content (AvgIpc) is 3.47. The predicted molar refractivity (Wildman–Crippen MR) is 132 cm³/mol. The van der Waals surface area contributed by atoms with Gasteiger partial charge in [0.05, 0.1) is 19.5 Å². The molecule has 3 rings (SSSR count). The number of nitrogens with one attached hydrogen (secondary N) is 2. The van der Waals surface area contributed by atoms with Gasteiger partial charge in [-0.25, -0.2) is 0 Å². The van der Waals surface area contributed by atoms with Crippen molar-refractivity contribution in [3.63, 3.8) is 0 Å². The van der Waals surface area contributed by atoms with Gasteiger partial charge in [0, 0.05) is 26.7 Å². The molecule has 0 saturated heterocycles. The van der Waals surface area contributed by atoms with Crippen LogP contribution in [0.5, 0.6) is 11.5 Å². The van der Waals surface area contributed by atoms with Crippen molar-refractivity contribution in [1.29, 1.82) is 0 Å². The minimum atomic E-state index is 0. The number of methoxy groups -OCH3 is 1. The molecule has 1 saturated carbocycles. The van der Waals surface area contributed by atoms with Crippen LogP contribution in [0.25, 0.3) is 0 Å². The summed E-state index contributed by atoms with van der Waals surface area (Å²) in [5, 5.41) is 6.63. The molecule has 31 heavy (non-hydrogen) atoms. The number of nitrogens with zero attached hydrogens (tertiary/aromatic N) is 1. The van der Waals surface area contributed by atoms with Crippen LogP contribution in [0.15, 0.2) is 46.0 Å². The lowest BCUT2D eigenvalue weighted by atomic mass is 10.2. The summed E-state index contributed by atoms with van der Waals surface area (Å²) in [6, 6.07) is 9.86. The normalized spacial score (nSPS) is 14.2. The topological polar surface area (TPSA) is 77.3 Å². The second-order valence-corrected chi connectivity index (χ2v) is 7.35. The van der Waals surface area contributed by atoms with Crippen molar-refractivity contribution < 1.29 is 18.6 Å². The van der Waals surface area contributed by atoms with Crippen molar-refractivity contribution in [2.75, 3.05) is 27.3 Å². The third kappa shape index (κ3) is 8.60. The smallest absolute Gasteiger partial charge is 0.191 e. The third-order valence-electron chi connectivity index (χ3n) is 5.09. The van der Waals surface area contributed by atoms with E-state index in [1.165, 1.54) is 12.8 Å². The molecule has 0 spiro atoms. The summed E-state index contributed by atoms with van der Waals surface area (Å²) in [6.45, 7) is 2.58. The van der Waals surface area contributed by atoms with Gasteiger partial charge in [-0.1, -0.05) is 6.07 Å². The molecule has 0 aliphatic heterocycles. The Hall–Kier alpha value is -1.94. The maximum atomic E-state index is 6.11. The summed E-state index contributed by atoms with van der Waals surface area (Å²) >= 11 is 0. The predicted octanol–water partition coefficient (Wildman–Crippen LogP) is 4.50. The average molecular weight is 543 g/mol. The molecule has 2 aromatic rings. The Morgan fingerprint density at radius 2 is 2.00 bits per heavy atom. The summed E-state index contributed by atoms with van der Waals surface area (Å²) in [7, 11) is 3.45. The zero-order valence-corrected chi connectivity index (χ0v) is 20.7. The standard InChI is InChI=1S/C23H33N3O4.HI/c1-24-23(25-12-6-13-28-17-20-9-5-14-29-20)26-16-18-10-11-21(22(15-18)27-2)30-19-7-3-4-8-19;/h5,9-11,14-15,19H,3-4,6-8,12-13,16-17H2,1-2H3,(H2,24,25,26);1H. The van der Waals surface area contributed by atoms with Crippen LogP contribution in [0.1, 0.15) is 43.4 Å². The van der Waals surface area contributed by atoms with Gasteiger partial charge in [-0.3, -0.25) is 4.99 Å². The molecule has 2 N–H and O–H groups in total. The largest absolute Gasteiger partial charge is 0.493 e. The van der Waals surface area contributed by atoms with E-state index in [0.29, 0.717) is 25.9 Å². The van der Waals surface area contributed by atoms with E-state index < -0.39 is 0 Å². The molecule has 8 heteroatoms. The van der Waals surface area contributed by atoms with Gasteiger partial charge in [0.15, 0.2) is 17.5 Å². The number of hydrogen-bond donors (Lipinski definition) is 2. The van der Waals surface area contributed by atoms with E-state index in [1.807, 2.05) is 24.3 Å². The number of hydrogen-bond acceptors (Lipinski definition) is 5. The minimum absolute atomic E-state index is 0. The zero-order valence-electron chi connectivity index (χ0n) is 18.4. The molecular formula is C23H34IN3O4.